The molecule has 0 atom stereocenters. The van der Waals surface area contributed by atoms with Crippen molar-refractivity contribution in [2.24, 2.45) is 0 Å². The standard InChI is InChI=1S/C30H37N3O4.C2H6O/c1-21(2)37-30(34)28-18-27-17-26(25-7-5-6-24(16-25)19-31-8-12-35-13-9-31)20-33(27)29(22(28)3)23(4)32-10-14-36-15-11-32;1-3-2/h5-7,16-18,20-21H,4,8-15,19H2,1-3H3;1-2H3. The van der Waals surface area contributed by atoms with E-state index in [9.17, 15) is 4.79 Å². The molecule has 1 aromatic carbocycles. The Kier molecular flexibility index (Phi) is 10.4. The van der Waals surface area contributed by atoms with Gasteiger partial charge < -0.3 is 28.2 Å². The number of esters is 1. The third-order valence-electron chi connectivity index (χ3n) is 7.14. The minimum Gasteiger partial charge on any atom is -0.459 e. The molecule has 2 aliphatic rings. The number of hydrogen-bond donors (Lipinski definition) is 0. The molecule has 0 N–H and O–H groups in total. The highest BCUT2D eigenvalue weighted by Crippen LogP contribution is 2.32. The fourth-order valence-corrected chi connectivity index (χ4v) is 5.20. The third kappa shape index (κ3) is 7.12. The van der Waals surface area contributed by atoms with Gasteiger partial charge in [0.25, 0.3) is 0 Å². The van der Waals surface area contributed by atoms with E-state index in [1.54, 1.807) is 14.2 Å². The molecule has 216 valence electrons. The van der Waals surface area contributed by atoms with Crippen molar-refractivity contribution in [1.29, 1.82) is 0 Å². The summed E-state index contributed by atoms with van der Waals surface area (Å²) in [6.45, 7) is 17.5. The molecule has 0 unspecified atom stereocenters. The van der Waals surface area contributed by atoms with Gasteiger partial charge in [0.1, 0.15) is 0 Å². The Morgan fingerprint density at radius 3 is 2.27 bits per heavy atom. The second-order valence-corrected chi connectivity index (χ2v) is 10.6. The normalized spacial score (nSPS) is 16.1. The largest absolute Gasteiger partial charge is 0.459 e. The Bertz CT molecular complexity index is 1300. The Labute approximate surface area is 238 Å². The molecule has 0 amide bonds. The molecule has 8 nitrogen and oxygen atoms in total. The smallest absolute Gasteiger partial charge is 0.338 e. The molecular formula is C32H43N3O5. The van der Waals surface area contributed by atoms with Crippen LogP contribution in [-0.4, -0.2) is 93.1 Å². The zero-order valence-corrected chi connectivity index (χ0v) is 24.6. The number of benzene rings is 1. The van der Waals surface area contributed by atoms with Crippen molar-refractivity contribution in [1.82, 2.24) is 14.2 Å². The Morgan fingerprint density at radius 1 is 0.975 bits per heavy atom. The van der Waals surface area contributed by atoms with Crippen molar-refractivity contribution in [2.75, 3.05) is 66.8 Å². The van der Waals surface area contributed by atoms with Gasteiger partial charge in [-0.15, -0.1) is 0 Å². The van der Waals surface area contributed by atoms with Crippen molar-refractivity contribution in [3.63, 3.8) is 0 Å². The summed E-state index contributed by atoms with van der Waals surface area (Å²) in [6.07, 6.45) is 1.97. The zero-order chi connectivity index (χ0) is 28.6. The number of carbonyl (C=O) groups is 1. The van der Waals surface area contributed by atoms with Gasteiger partial charge >= 0.3 is 5.97 Å². The van der Waals surface area contributed by atoms with E-state index in [0.29, 0.717) is 18.8 Å². The summed E-state index contributed by atoms with van der Waals surface area (Å²) in [6, 6.07) is 12.8. The van der Waals surface area contributed by atoms with E-state index < -0.39 is 0 Å². The Morgan fingerprint density at radius 2 is 1.62 bits per heavy atom. The molecule has 0 saturated carbocycles. The molecular weight excluding hydrogens is 506 g/mol. The second-order valence-electron chi connectivity index (χ2n) is 10.6. The molecule has 0 aliphatic carbocycles. The molecule has 2 aliphatic heterocycles. The SMILES string of the molecule is C=C(c1c(C)c(C(=O)OC(C)C)cc2cc(-c3cccc(CN4CCOCC4)c3)cn12)N1CCOCC1.COC. The number of ether oxygens (including phenoxy) is 4. The predicted octanol–water partition coefficient (Wildman–Crippen LogP) is 4.88. The quantitative estimate of drug-likeness (QED) is 0.390. The first-order valence-corrected chi connectivity index (χ1v) is 14.0. The highest BCUT2D eigenvalue weighted by molar-refractivity contribution is 5.94. The number of fused-ring (bicyclic) bond motifs is 1. The van der Waals surface area contributed by atoms with E-state index in [0.717, 1.165) is 79.5 Å². The maximum atomic E-state index is 13.1. The van der Waals surface area contributed by atoms with Crippen LogP contribution >= 0.6 is 0 Å². The fraction of sp³-hybridized carbons (Fsp3) is 0.469. The molecule has 2 aromatic heterocycles. The van der Waals surface area contributed by atoms with Gasteiger partial charge in [-0.3, -0.25) is 4.90 Å². The highest BCUT2D eigenvalue weighted by atomic mass is 16.5. The van der Waals surface area contributed by atoms with Crippen LogP contribution in [0.4, 0.5) is 0 Å². The van der Waals surface area contributed by atoms with Gasteiger partial charge in [-0.05, 0) is 55.7 Å². The van der Waals surface area contributed by atoms with Crippen LogP contribution in [0.2, 0.25) is 0 Å². The number of methoxy groups -OCH3 is 1. The zero-order valence-electron chi connectivity index (χ0n) is 24.6. The number of pyridine rings is 1. The number of rotatable bonds is 7. The molecule has 2 saturated heterocycles. The summed E-state index contributed by atoms with van der Waals surface area (Å²) in [5.41, 5.74) is 7.77. The number of morpholine rings is 2. The molecule has 0 spiro atoms. The monoisotopic (exact) mass is 549 g/mol. The van der Waals surface area contributed by atoms with Crippen LogP contribution in [0.5, 0.6) is 0 Å². The van der Waals surface area contributed by atoms with E-state index in [1.165, 1.54) is 5.56 Å². The number of aromatic nitrogens is 1. The van der Waals surface area contributed by atoms with Crippen LogP contribution in [0.15, 0.2) is 49.2 Å². The van der Waals surface area contributed by atoms with Crippen molar-refractivity contribution in [3.8, 4) is 11.1 Å². The van der Waals surface area contributed by atoms with Crippen molar-refractivity contribution >= 4 is 17.2 Å². The lowest BCUT2D eigenvalue weighted by atomic mass is 10.0. The lowest BCUT2D eigenvalue weighted by Gasteiger charge is -2.31. The first-order valence-electron chi connectivity index (χ1n) is 14.0. The van der Waals surface area contributed by atoms with Gasteiger partial charge in [0, 0.05) is 64.2 Å². The van der Waals surface area contributed by atoms with Crippen LogP contribution in [0.25, 0.3) is 22.3 Å². The molecule has 0 radical (unpaired) electrons. The minimum atomic E-state index is -0.304. The summed E-state index contributed by atoms with van der Waals surface area (Å²) in [5.74, 6) is -0.304. The van der Waals surface area contributed by atoms with Gasteiger partial charge in [0.05, 0.1) is 49.5 Å². The van der Waals surface area contributed by atoms with Gasteiger partial charge in [-0.1, -0.05) is 24.8 Å². The summed E-state index contributed by atoms with van der Waals surface area (Å²) in [7, 11) is 3.25. The van der Waals surface area contributed by atoms with Crippen LogP contribution in [0.1, 0.15) is 41.0 Å². The Hall–Kier alpha value is -3.17. The molecule has 2 fully saturated rings. The molecule has 5 rings (SSSR count). The maximum absolute atomic E-state index is 13.1. The van der Waals surface area contributed by atoms with Gasteiger partial charge in [-0.2, -0.15) is 0 Å². The average molecular weight is 550 g/mol. The van der Waals surface area contributed by atoms with E-state index in [2.05, 4.69) is 62.0 Å². The molecule has 4 heterocycles. The lowest BCUT2D eigenvalue weighted by molar-refractivity contribution is 0.0342. The van der Waals surface area contributed by atoms with Crippen LogP contribution in [0, 0.1) is 6.92 Å². The second kappa shape index (κ2) is 13.9. The Balaban J connectivity index is 0.00000118. The fourth-order valence-electron chi connectivity index (χ4n) is 5.20. The van der Waals surface area contributed by atoms with E-state index in [-0.39, 0.29) is 12.1 Å². The van der Waals surface area contributed by atoms with Gasteiger partial charge in [0.15, 0.2) is 0 Å². The molecule has 3 aromatic rings. The molecule has 0 bridgehead atoms. The average Bonchev–Trinajstić information content (AvgIpc) is 3.37. The first-order chi connectivity index (χ1) is 19.3. The van der Waals surface area contributed by atoms with Gasteiger partial charge in [-0.25, -0.2) is 4.79 Å². The minimum absolute atomic E-state index is 0.189. The number of hydrogen-bond acceptors (Lipinski definition) is 7. The maximum Gasteiger partial charge on any atom is 0.338 e. The number of nitrogens with zero attached hydrogens (tertiary/aromatic N) is 3. The van der Waals surface area contributed by atoms with Crippen LogP contribution in [-0.2, 0) is 25.5 Å². The van der Waals surface area contributed by atoms with E-state index in [1.807, 2.05) is 26.8 Å². The van der Waals surface area contributed by atoms with Crippen LogP contribution in [0.3, 0.4) is 0 Å². The summed E-state index contributed by atoms with van der Waals surface area (Å²) in [4.78, 5) is 17.7. The van der Waals surface area contributed by atoms with Crippen molar-refractivity contribution < 1.29 is 23.7 Å². The van der Waals surface area contributed by atoms with E-state index in [4.69, 9.17) is 14.2 Å². The highest BCUT2D eigenvalue weighted by Gasteiger charge is 2.23. The summed E-state index contributed by atoms with van der Waals surface area (Å²) in [5, 5.41) is 0. The topological polar surface area (TPSA) is 64.9 Å². The predicted molar refractivity (Wildman–Crippen MR) is 159 cm³/mol. The number of carbonyl (C=O) groups excluding carboxylic acids is 1. The van der Waals surface area contributed by atoms with E-state index >= 15 is 0 Å². The summed E-state index contributed by atoms with van der Waals surface area (Å²) >= 11 is 0. The van der Waals surface area contributed by atoms with Crippen LogP contribution < -0.4 is 0 Å². The molecule has 40 heavy (non-hydrogen) atoms. The van der Waals surface area contributed by atoms with Gasteiger partial charge in [0.2, 0.25) is 0 Å². The van der Waals surface area contributed by atoms with Crippen molar-refractivity contribution in [3.05, 3.63) is 71.6 Å². The molecule has 8 heteroatoms. The third-order valence-corrected chi connectivity index (χ3v) is 7.14. The van der Waals surface area contributed by atoms with Crippen molar-refractivity contribution in [2.45, 2.75) is 33.4 Å². The first kappa shape index (κ1) is 29.8. The summed E-state index contributed by atoms with van der Waals surface area (Å²) < 4.78 is 23.1. The lowest BCUT2D eigenvalue weighted by Crippen LogP contribution is -2.35.